The Morgan fingerprint density at radius 1 is 1.50 bits per heavy atom. The van der Waals surface area contributed by atoms with E-state index >= 15 is 0 Å². The molecule has 0 radical (unpaired) electrons. The summed E-state index contributed by atoms with van der Waals surface area (Å²) in [6, 6.07) is 5.47. The van der Waals surface area contributed by atoms with Crippen LogP contribution in [0.4, 0.5) is 11.4 Å². The normalized spacial score (nSPS) is 16.3. The Morgan fingerprint density at radius 2 is 2.25 bits per heavy atom. The van der Waals surface area contributed by atoms with E-state index in [1.54, 1.807) is 18.2 Å². The summed E-state index contributed by atoms with van der Waals surface area (Å²) in [5.74, 6) is 0.970. The predicted octanol–water partition coefficient (Wildman–Crippen LogP) is 3.98. The SMILES string of the molecule is CCCOc1cccc(NC(C)C2CCC2)c1[N+](=O)[O-]. The van der Waals surface area contributed by atoms with E-state index in [1.807, 2.05) is 6.92 Å². The molecule has 1 aliphatic carbocycles. The zero-order valence-electron chi connectivity index (χ0n) is 12.1. The second kappa shape index (κ2) is 6.59. The fourth-order valence-electron chi connectivity index (χ4n) is 2.46. The van der Waals surface area contributed by atoms with Gasteiger partial charge in [-0.15, -0.1) is 0 Å². The molecule has 1 N–H and O–H groups in total. The second-order valence-electron chi connectivity index (χ2n) is 5.38. The molecule has 0 aromatic heterocycles. The average Bonchev–Trinajstić information content (AvgIpc) is 2.33. The molecule has 1 aromatic rings. The molecule has 1 aliphatic rings. The fraction of sp³-hybridized carbons (Fsp3) is 0.600. The second-order valence-corrected chi connectivity index (χ2v) is 5.38. The van der Waals surface area contributed by atoms with Gasteiger partial charge in [-0.1, -0.05) is 19.4 Å². The maximum atomic E-state index is 11.3. The van der Waals surface area contributed by atoms with Crippen molar-refractivity contribution in [2.24, 2.45) is 5.92 Å². The van der Waals surface area contributed by atoms with Crippen LogP contribution in [0, 0.1) is 16.0 Å². The number of para-hydroxylation sites is 1. The van der Waals surface area contributed by atoms with Gasteiger partial charge in [-0.05, 0) is 44.2 Å². The molecule has 0 spiro atoms. The lowest BCUT2D eigenvalue weighted by molar-refractivity contribution is -0.385. The van der Waals surface area contributed by atoms with Gasteiger partial charge in [0.15, 0.2) is 5.75 Å². The van der Waals surface area contributed by atoms with Crippen molar-refractivity contribution in [3.63, 3.8) is 0 Å². The molecule has 110 valence electrons. The summed E-state index contributed by atoms with van der Waals surface area (Å²) in [5.41, 5.74) is 0.607. The van der Waals surface area contributed by atoms with Gasteiger partial charge in [0.2, 0.25) is 0 Å². The Hall–Kier alpha value is -1.78. The molecule has 1 fully saturated rings. The van der Waals surface area contributed by atoms with Crippen LogP contribution in [-0.2, 0) is 0 Å². The van der Waals surface area contributed by atoms with Gasteiger partial charge in [-0.3, -0.25) is 10.1 Å². The van der Waals surface area contributed by atoms with Gasteiger partial charge in [0.25, 0.3) is 0 Å². The minimum absolute atomic E-state index is 0.0483. The van der Waals surface area contributed by atoms with Gasteiger partial charge < -0.3 is 10.1 Å². The van der Waals surface area contributed by atoms with Crippen molar-refractivity contribution in [1.82, 2.24) is 0 Å². The van der Waals surface area contributed by atoms with Crippen LogP contribution < -0.4 is 10.1 Å². The lowest BCUT2D eigenvalue weighted by Crippen LogP contribution is -2.31. The van der Waals surface area contributed by atoms with Gasteiger partial charge in [0, 0.05) is 6.04 Å². The number of hydrogen-bond donors (Lipinski definition) is 1. The molecular weight excluding hydrogens is 256 g/mol. The van der Waals surface area contributed by atoms with E-state index in [1.165, 1.54) is 19.3 Å². The van der Waals surface area contributed by atoms with Crippen LogP contribution in [0.25, 0.3) is 0 Å². The minimum atomic E-state index is -0.360. The molecule has 2 rings (SSSR count). The first-order valence-corrected chi connectivity index (χ1v) is 7.30. The zero-order valence-corrected chi connectivity index (χ0v) is 12.1. The molecule has 0 bridgehead atoms. The first-order valence-electron chi connectivity index (χ1n) is 7.30. The summed E-state index contributed by atoms with van der Waals surface area (Å²) in [7, 11) is 0. The van der Waals surface area contributed by atoms with Gasteiger partial charge in [0.1, 0.15) is 5.69 Å². The Labute approximate surface area is 119 Å². The van der Waals surface area contributed by atoms with Crippen LogP contribution in [0.3, 0.4) is 0 Å². The van der Waals surface area contributed by atoms with Crippen molar-refractivity contribution in [2.45, 2.75) is 45.6 Å². The molecule has 5 heteroatoms. The number of ether oxygens (including phenoxy) is 1. The first-order chi connectivity index (χ1) is 9.63. The number of nitro benzene ring substituents is 1. The monoisotopic (exact) mass is 278 g/mol. The molecule has 1 atom stereocenters. The van der Waals surface area contributed by atoms with Crippen molar-refractivity contribution in [2.75, 3.05) is 11.9 Å². The van der Waals surface area contributed by atoms with Crippen LogP contribution in [0.5, 0.6) is 5.75 Å². The summed E-state index contributed by atoms with van der Waals surface area (Å²) in [6.07, 6.45) is 4.49. The number of benzene rings is 1. The quantitative estimate of drug-likeness (QED) is 0.605. The summed E-state index contributed by atoms with van der Waals surface area (Å²) in [6.45, 7) is 4.56. The van der Waals surface area contributed by atoms with Gasteiger partial charge in [0.05, 0.1) is 11.5 Å². The van der Waals surface area contributed by atoms with Crippen LogP contribution in [-0.4, -0.2) is 17.6 Å². The standard InChI is InChI=1S/C15H22N2O3/c1-3-10-20-14-9-5-8-13(15(14)17(18)19)16-11(2)12-6-4-7-12/h5,8-9,11-12,16H,3-4,6-7,10H2,1-2H3. The number of nitrogens with one attached hydrogen (secondary N) is 1. The van der Waals surface area contributed by atoms with Crippen molar-refractivity contribution in [3.8, 4) is 5.75 Å². The van der Waals surface area contributed by atoms with Crippen molar-refractivity contribution >= 4 is 11.4 Å². The average molecular weight is 278 g/mol. The van der Waals surface area contributed by atoms with E-state index in [0.29, 0.717) is 24.0 Å². The number of rotatable bonds is 7. The van der Waals surface area contributed by atoms with Crippen LogP contribution in [0.15, 0.2) is 18.2 Å². The van der Waals surface area contributed by atoms with E-state index < -0.39 is 0 Å². The van der Waals surface area contributed by atoms with E-state index in [2.05, 4.69) is 12.2 Å². The number of nitro groups is 1. The molecule has 0 saturated heterocycles. The highest BCUT2D eigenvalue weighted by atomic mass is 16.6. The van der Waals surface area contributed by atoms with Gasteiger partial charge in [-0.2, -0.15) is 0 Å². The summed E-state index contributed by atoms with van der Waals surface area (Å²) >= 11 is 0. The highest BCUT2D eigenvalue weighted by Crippen LogP contribution is 2.37. The largest absolute Gasteiger partial charge is 0.487 e. The smallest absolute Gasteiger partial charge is 0.333 e. The number of hydrogen-bond acceptors (Lipinski definition) is 4. The Bertz CT molecular complexity index is 472. The van der Waals surface area contributed by atoms with E-state index in [0.717, 1.165) is 6.42 Å². The van der Waals surface area contributed by atoms with Crippen LogP contribution in [0.1, 0.15) is 39.5 Å². The van der Waals surface area contributed by atoms with Crippen LogP contribution in [0.2, 0.25) is 0 Å². The highest BCUT2D eigenvalue weighted by molar-refractivity contribution is 5.68. The summed E-state index contributed by atoms with van der Waals surface area (Å²) in [4.78, 5) is 11.0. The lowest BCUT2D eigenvalue weighted by Gasteiger charge is -2.32. The van der Waals surface area contributed by atoms with E-state index in [9.17, 15) is 10.1 Å². The molecule has 0 aliphatic heterocycles. The Morgan fingerprint density at radius 3 is 2.80 bits per heavy atom. The molecule has 0 amide bonds. The number of nitrogens with zero attached hydrogens (tertiary/aromatic N) is 1. The molecule has 1 unspecified atom stereocenters. The highest BCUT2D eigenvalue weighted by Gasteiger charge is 2.27. The molecule has 1 aromatic carbocycles. The molecule has 0 heterocycles. The third kappa shape index (κ3) is 3.21. The minimum Gasteiger partial charge on any atom is -0.487 e. The lowest BCUT2D eigenvalue weighted by atomic mass is 9.80. The maximum absolute atomic E-state index is 11.3. The van der Waals surface area contributed by atoms with Gasteiger partial charge in [-0.25, -0.2) is 0 Å². The zero-order chi connectivity index (χ0) is 14.5. The summed E-state index contributed by atoms with van der Waals surface area (Å²) < 4.78 is 5.49. The van der Waals surface area contributed by atoms with Crippen molar-refractivity contribution in [3.05, 3.63) is 28.3 Å². The molecular formula is C15H22N2O3. The maximum Gasteiger partial charge on any atom is 0.333 e. The molecule has 1 saturated carbocycles. The Balaban J connectivity index is 2.19. The van der Waals surface area contributed by atoms with Crippen molar-refractivity contribution in [1.29, 1.82) is 0 Å². The topological polar surface area (TPSA) is 64.4 Å². The van der Waals surface area contributed by atoms with E-state index in [-0.39, 0.29) is 16.7 Å². The number of anilines is 1. The molecule has 5 nitrogen and oxygen atoms in total. The van der Waals surface area contributed by atoms with Gasteiger partial charge >= 0.3 is 5.69 Å². The Kier molecular flexibility index (Phi) is 4.82. The summed E-state index contributed by atoms with van der Waals surface area (Å²) in [5, 5.41) is 14.6. The molecule has 20 heavy (non-hydrogen) atoms. The first kappa shape index (κ1) is 14.6. The van der Waals surface area contributed by atoms with Crippen LogP contribution >= 0.6 is 0 Å². The van der Waals surface area contributed by atoms with E-state index in [4.69, 9.17) is 4.74 Å². The fourth-order valence-corrected chi connectivity index (χ4v) is 2.46. The predicted molar refractivity (Wildman–Crippen MR) is 79.3 cm³/mol. The third-order valence-electron chi connectivity index (χ3n) is 3.88. The van der Waals surface area contributed by atoms with Crippen molar-refractivity contribution < 1.29 is 9.66 Å². The third-order valence-corrected chi connectivity index (χ3v) is 3.88.